The number of rotatable bonds is 12. The third-order valence-corrected chi connectivity index (χ3v) is 4.24. The van der Waals surface area contributed by atoms with E-state index in [2.05, 4.69) is 17.8 Å². The predicted molar refractivity (Wildman–Crippen MR) is 107 cm³/mol. The molecule has 0 aliphatic rings. The molecule has 1 heterocycles. The van der Waals surface area contributed by atoms with Crippen LogP contribution >= 0.6 is 0 Å². The fourth-order valence-corrected chi connectivity index (χ4v) is 2.75. The number of hydrogen-bond acceptors (Lipinski definition) is 3. The summed E-state index contributed by atoms with van der Waals surface area (Å²) in [6.07, 6.45) is 21.4. The van der Waals surface area contributed by atoms with Crippen LogP contribution in [0.15, 0.2) is 14.4 Å². The smallest absolute Gasteiger partial charge is 0.247 e. The van der Waals surface area contributed by atoms with Crippen LogP contribution in [0.3, 0.4) is 0 Å². The summed E-state index contributed by atoms with van der Waals surface area (Å²) in [4.78, 5) is 38.0. The first-order valence-corrected chi connectivity index (χ1v) is 9.33. The first kappa shape index (κ1) is 22.1. The van der Waals surface area contributed by atoms with Crippen molar-refractivity contribution < 1.29 is 0 Å². The van der Waals surface area contributed by atoms with Gasteiger partial charge in [0.05, 0.1) is 0 Å². The van der Waals surface area contributed by atoms with Gasteiger partial charge >= 0.3 is 17.1 Å². The largest absolute Gasteiger partial charge is 0.336 e. The van der Waals surface area contributed by atoms with Crippen LogP contribution in [-0.4, -0.2) is 13.7 Å². The number of nitrogens with zero attached hydrogens (tertiary/aromatic N) is 3. The SMILES string of the molecule is C#CCCCCn1c(=O)n(CCCCC#C)c(=O)n(CCCCC#C)c1=O. The third kappa shape index (κ3) is 6.72. The summed E-state index contributed by atoms with van der Waals surface area (Å²) in [7, 11) is 0. The Morgan fingerprint density at radius 1 is 0.519 bits per heavy atom. The van der Waals surface area contributed by atoms with Gasteiger partial charge in [-0.05, 0) is 38.5 Å². The lowest BCUT2D eigenvalue weighted by atomic mass is 10.2. The van der Waals surface area contributed by atoms with Crippen molar-refractivity contribution in [2.24, 2.45) is 0 Å². The summed E-state index contributed by atoms with van der Waals surface area (Å²) >= 11 is 0. The molecule has 1 aromatic rings. The van der Waals surface area contributed by atoms with Crippen molar-refractivity contribution in [3.63, 3.8) is 0 Å². The number of terminal acetylenes is 3. The minimum atomic E-state index is -0.564. The van der Waals surface area contributed by atoms with E-state index in [1.54, 1.807) is 0 Å². The molecule has 0 unspecified atom stereocenters. The molecule has 0 fully saturated rings. The molecule has 0 amide bonds. The van der Waals surface area contributed by atoms with Gasteiger partial charge in [0.1, 0.15) is 0 Å². The Morgan fingerprint density at radius 2 is 0.778 bits per heavy atom. The molecule has 0 spiro atoms. The molecule has 0 aromatic carbocycles. The molecular weight excluding hydrogens is 342 g/mol. The van der Waals surface area contributed by atoms with Gasteiger partial charge in [0.2, 0.25) is 0 Å². The minimum absolute atomic E-state index is 0.244. The van der Waals surface area contributed by atoms with Gasteiger partial charge in [0.15, 0.2) is 0 Å². The molecule has 1 rings (SSSR count). The topological polar surface area (TPSA) is 66.0 Å². The van der Waals surface area contributed by atoms with Gasteiger partial charge in [-0.1, -0.05) is 0 Å². The highest BCUT2D eigenvalue weighted by atomic mass is 16.2. The zero-order valence-electron chi connectivity index (χ0n) is 15.8. The molecule has 0 bridgehead atoms. The van der Waals surface area contributed by atoms with Crippen LogP contribution in [0.5, 0.6) is 0 Å². The summed E-state index contributed by atoms with van der Waals surface area (Å²) in [5.41, 5.74) is -1.69. The molecule has 0 radical (unpaired) electrons. The summed E-state index contributed by atoms with van der Waals surface area (Å²) in [6, 6.07) is 0. The zero-order chi connectivity index (χ0) is 20.1. The Morgan fingerprint density at radius 3 is 1.00 bits per heavy atom. The molecule has 144 valence electrons. The summed E-state index contributed by atoms with van der Waals surface area (Å²) in [6.45, 7) is 0.733. The lowest BCUT2D eigenvalue weighted by molar-refractivity contribution is 0.420. The second-order valence-electron chi connectivity index (χ2n) is 6.29. The van der Waals surface area contributed by atoms with Gasteiger partial charge in [-0.25, -0.2) is 28.1 Å². The van der Waals surface area contributed by atoms with Crippen molar-refractivity contribution in [1.82, 2.24) is 13.7 Å². The van der Waals surface area contributed by atoms with Crippen molar-refractivity contribution in [2.45, 2.75) is 77.4 Å². The average Bonchev–Trinajstić information content (AvgIpc) is 2.66. The highest BCUT2D eigenvalue weighted by Crippen LogP contribution is 1.98. The van der Waals surface area contributed by atoms with Crippen molar-refractivity contribution in [1.29, 1.82) is 0 Å². The Balaban J connectivity index is 3.15. The fraction of sp³-hybridized carbons (Fsp3) is 0.571. The molecule has 6 heteroatoms. The molecule has 1 aromatic heterocycles. The molecule has 0 atom stereocenters. The first-order valence-electron chi connectivity index (χ1n) is 9.33. The molecule has 0 N–H and O–H groups in total. The lowest BCUT2D eigenvalue weighted by Crippen LogP contribution is -2.54. The number of unbranched alkanes of at least 4 members (excludes halogenated alkanes) is 6. The molecular formula is C21H27N3O3. The van der Waals surface area contributed by atoms with Crippen LogP contribution < -0.4 is 17.1 Å². The highest BCUT2D eigenvalue weighted by Gasteiger charge is 2.14. The van der Waals surface area contributed by atoms with Crippen LogP contribution in [0.25, 0.3) is 0 Å². The Hall–Kier alpha value is -2.91. The normalized spacial score (nSPS) is 10.1. The second-order valence-corrected chi connectivity index (χ2v) is 6.29. The molecule has 27 heavy (non-hydrogen) atoms. The predicted octanol–water partition coefficient (Wildman–Crippen LogP) is 1.58. The summed E-state index contributed by atoms with van der Waals surface area (Å²) in [5.74, 6) is 7.61. The monoisotopic (exact) mass is 369 g/mol. The van der Waals surface area contributed by atoms with Crippen molar-refractivity contribution >= 4 is 0 Å². The van der Waals surface area contributed by atoms with E-state index in [9.17, 15) is 14.4 Å². The van der Waals surface area contributed by atoms with Crippen LogP contribution in [0.4, 0.5) is 0 Å². The maximum absolute atomic E-state index is 12.7. The maximum Gasteiger partial charge on any atom is 0.336 e. The molecule has 0 aliphatic carbocycles. The quantitative estimate of drug-likeness (QED) is 0.415. The van der Waals surface area contributed by atoms with Crippen LogP contribution in [-0.2, 0) is 19.6 Å². The highest BCUT2D eigenvalue weighted by molar-refractivity contribution is 4.85. The first-order chi connectivity index (χ1) is 13.1. The standard InChI is InChI=1S/C21H27N3O3/c1-4-7-10-13-16-22-19(25)23(17-14-11-8-5-2)21(27)24(20(22)26)18-15-12-9-6-3/h1-3H,7-18H2. The van der Waals surface area contributed by atoms with Gasteiger partial charge in [-0.2, -0.15) is 0 Å². The van der Waals surface area contributed by atoms with Gasteiger partial charge in [0, 0.05) is 38.9 Å². The maximum atomic E-state index is 12.7. The molecule has 6 nitrogen and oxygen atoms in total. The van der Waals surface area contributed by atoms with Crippen molar-refractivity contribution in [3.8, 4) is 37.0 Å². The van der Waals surface area contributed by atoms with E-state index in [0.29, 0.717) is 57.8 Å². The van der Waals surface area contributed by atoms with Crippen LogP contribution in [0.2, 0.25) is 0 Å². The van der Waals surface area contributed by atoms with E-state index < -0.39 is 17.1 Å². The average molecular weight is 369 g/mol. The molecule has 0 saturated heterocycles. The van der Waals surface area contributed by atoms with E-state index >= 15 is 0 Å². The Kier molecular flexibility index (Phi) is 10.2. The number of aromatic nitrogens is 3. The van der Waals surface area contributed by atoms with Gasteiger partial charge in [-0.3, -0.25) is 0 Å². The van der Waals surface area contributed by atoms with E-state index in [1.807, 2.05) is 0 Å². The summed E-state index contributed by atoms with van der Waals surface area (Å²) < 4.78 is 3.42. The van der Waals surface area contributed by atoms with Crippen molar-refractivity contribution in [3.05, 3.63) is 31.5 Å². The second kappa shape index (κ2) is 12.4. The Labute approximate surface area is 160 Å². The molecule has 0 saturated carbocycles. The van der Waals surface area contributed by atoms with E-state index in [-0.39, 0.29) is 19.6 Å². The fourth-order valence-electron chi connectivity index (χ4n) is 2.75. The van der Waals surface area contributed by atoms with Crippen LogP contribution in [0, 0.1) is 37.0 Å². The van der Waals surface area contributed by atoms with Crippen LogP contribution in [0.1, 0.15) is 57.8 Å². The lowest BCUT2D eigenvalue weighted by Gasteiger charge is -2.13. The third-order valence-electron chi connectivity index (χ3n) is 4.24. The Bertz CT molecular complexity index is 748. The zero-order valence-corrected chi connectivity index (χ0v) is 15.8. The van der Waals surface area contributed by atoms with E-state index in [4.69, 9.17) is 19.3 Å². The van der Waals surface area contributed by atoms with Gasteiger partial charge in [-0.15, -0.1) is 37.0 Å². The molecule has 0 aliphatic heterocycles. The van der Waals surface area contributed by atoms with E-state index in [0.717, 1.165) is 13.7 Å². The summed E-state index contributed by atoms with van der Waals surface area (Å²) in [5, 5.41) is 0. The van der Waals surface area contributed by atoms with E-state index in [1.165, 1.54) is 0 Å². The van der Waals surface area contributed by atoms with Crippen molar-refractivity contribution in [2.75, 3.05) is 0 Å². The van der Waals surface area contributed by atoms with Gasteiger partial charge in [0.25, 0.3) is 0 Å². The number of hydrogen-bond donors (Lipinski definition) is 0. The van der Waals surface area contributed by atoms with Gasteiger partial charge < -0.3 is 0 Å². The minimum Gasteiger partial charge on any atom is -0.247 e.